The number of aromatic nitrogens is 2. The molecular weight excluding hydrogens is 320 g/mol. The maximum absolute atomic E-state index is 12.2. The summed E-state index contributed by atoms with van der Waals surface area (Å²) in [4.78, 5) is 22.8. The minimum atomic E-state index is -0.115. The molecule has 1 fully saturated rings. The van der Waals surface area contributed by atoms with Crippen LogP contribution in [0.5, 0.6) is 5.75 Å². The van der Waals surface area contributed by atoms with Gasteiger partial charge in [0.25, 0.3) is 0 Å². The van der Waals surface area contributed by atoms with Crippen LogP contribution in [0.4, 0.5) is 11.6 Å². The Morgan fingerprint density at radius 1 is 1.24 bits per heavy atom. The van der Waals surface area contributed by atoms with E-state index in [0.717, 1.165) is 30.2 Å². The zero-order valence-corrected chi connectivity index (χ0v) is 14.3. The molecule has 1 aliphatic heterocycles. The number of anilines is 2. The molecule has 0 saturated carbocycles. The molecule has 0 unspecified atom stereocenters. The summed E-state index contributed by atoms with van der Waals surface area (Å²) in [6.07, 6.45) is 1.75. The van der Waals surface area contributed by atoms with E-state index in [0.29, 0.717) is 25.6 Å². The minimum Gasteiger partial charge on any atom is -0.494 e. The number of carbonyl (C=O) groups is 1. The predicted molar refractivity (Wildman–Crippen MR) is 95.0 cm³/mol. The zero-order chi connectivity index (χ0) is 17.5. The average Bonchev–Trinajstić information content (AvgIpc) is 2.64. The van der Waals surface area contributed by atoms with Crippen LogP contribution in [0.1, 0.15) is 12.5 Å². The van der Waals surface area contributed by atoms with Crippen LogP contribution < -0.4 is 15.0 Å². The van der Waals surface area contributed by atoms with Crippen LogP contribution in [0.25, 0.3) is 0 Å². The molecular formula is C18H22N4O3. The second-order valence-electron chi connectivity index (χ2n) is 5.66. The number of carbonyl (C=O) groups excluding carboxylic acids is 1. The molecule has 1 amide bonds. The van der Waals surface area contributed by atoms with Crippen molar-refractivity contribution in [2.75, 3.05) is 43.1 Å². The number of nitrogens with one attached hydrogen (secondary N) is 1. The molecule has 7 heteroatoms. The van der Waals surface area contributed by atoms with E-state index in [1.54, 1.807) is 6.07 Å². The molecule has 7 nitrogen and oxygen atoms in total. The van der Waals surface area contributed by atoms with Gasteiger partial charge in [0.05, 0.1) is 26.2 Å². The molecule has 1 N–H and O–H groups in total. The molecule has 2 heterocycles. The van der Waals surface area contributed by atoms with E-state index in [1.165, 1.54) is 6.33 Å². The molecule has 1 aliphatic rings. The summed E-state index contributed by atoms with van der Waals surface area (Å²) in [5.41, 5.74) is 0.920. The summed E-state index contributed by atoms with van der Waals surface area (Å²) >= 11 is 0. The first-order valence-electron chi connectivity index (χ1n) is 8.41. The van der Waals surface area contributed by atoms with Crippen LogP contribution in [0.15, 0.2) is 36.7 Å². The normalized spacial score (nSPS) is 14.2. The second kappa shape index (κ2) is 8.43. The van der Waals surface area contributed by atoms with Crippen LogP contribution in [0.3, 0.4) is 0 Å². The molecule has 1 saturated heterocycles. The fourth-order valence-electron chi connectivity index (χ4n) is 2.62. The van der Waals surface area contributed by atoms with Gasteiger partial charge in [-0.3, -0.25) is 4.79 Å². The Balaban J connectivity index is 1.58. The van der Waals surface area contributed by atoms with Crippen molar-refractivity contribution in [2.24, 2.45) is 0 Å². The molecule has 1 aromatic carbocycles. The minimum absolute atomic E-state index is 0.115. The monoisotopic (exact) mass is 342 g/mol. The van der Waals surface area contributed by atoms with Gasteiger partial charge < -0.3 is 19.7 Å². The predicted octanol–water partition coefficient (Wildman–Crippen LogP) is 1.89. The Bertz CT molecular complexity index is 700. The maximum atomic E-state index is 12.2. The number of ether oxygens (including phenoxy) is 2. The summed E-state index contributed by atoms with van der Waals surface area (Å²) in [6.45, 7) is 5.51. The van der Waals surface area contributed by atoms with Crippen molar-refractivity contribution >= 4 is 17.5 Å². The fraction of sp³-hybridized carbons (Fsp3) is 0.389. The van der Waals surface area contributed by atoms with Crippen molar-refractivity contribution in [2.45, 2.75) is 13.3 Å². The van der Waals surface area contributed by atoms with Gasteiger partial charge in [0, 0.05) is 19.2 Å². The lowest BCUT2D eigenvalue weighted by atomic mass is 10.1. The molecule has 0 bridgehead atoms. The molecule has 0 aliphatic carbocycles. The molecule has 0 spiro atoms. The quantitative estimate of drug-likeness (QED) is 0.864. The average molecular weight is 342 g/mol. The maximum Gasteiger partial charge on any atom is 0.229 e. The standard InChI is InChI=1S/C18H22N4O3/c1-2-25-15-5-3-14(4-6-15)11-18(23)21-16-12-17(20-13-19-16)22-7-9-24-10-8-22/h3-6,12-13H,2,7-11H2,1H3,(H,19,20,21,23). The molecule has 3 rings (SSSR count). The van der Waals surface area contributed by atoms with Gasteiger partial charge in [-0.2, -0.15) is 0 Å². The fourth-order valence-corrected chi connectivity index (χ4v) is 2.62. The lowest BCUT2D eigenvalue weighted by Crippen LogP contribution is -2.36. The van der Waals surface area contributed by atoms with Gasteiger partial charge in [0.15, 0.2) is 0 Å². The Morgan fingerprint density at radius 2 is 2.00 bits per heavy atom. The number of nitrogens with zero attached hydrogens (tertiary/aromatic N) is 3. The summed E-state index contributed by atoms with van der Waals surface area (Å²) in [6, 6.07) is 9.31. The Hall–Kier alpha value is -2.67. The van der Waals surface area contributed by atoms with Gasteiger partial charge in [0.1, 0.15) is 23.7 Å². The van der Waals surface area contributed by atoms with E-state index >= 15 is 0 Å². The Kier molecular flexibility index (Phi) is 5.79. The largest absolute Gasteiger partial charge is 0.494 e. The first kappa shape index (κ1) is 17.2. The number of benzene rings is 1. The van der Waals surface area contributed by atoms with Crippen molar-refractivity contribution in [3.8, 4) is 5.75 Å². The third-order valence-corrected chi connectivity index (χ3v) is 3.85. The first-order valence-corrected chi connectivity index (χ1v) is 8.41. The summed E-state index contributed by atoms with van der Waals surface area (Å²) < 4.78 is 10.7. The lowest BCUT2D eigenvalue weighted by Gasteiger charge is -2.27. The van der Waals surface area contributed by atoms with Crippen molar-refractivity contribution in [1.82, 2.24) is 9.97 Å². The van der Waals surface area contributed by atoms with E-state index in [-0.39, 0.29) is 12.3 Å². The Labute approximate surface area is 147 Å². The molecule has 0 radical (unpaired) electrons. The third kappa shape index (κ3) is 4.90. The van der Waals surface area contributed by atoms with Gasteiger partial charge in [-0.25, -0.2) is 9.97 Å². The van der Waals surface area contributed by atoms with Crippen LogP contribution >= 0.6 is 0 Å². The highest BCUT2D eigenvalue weighted by atomic mass is 16.5. The van der Waals surface area contributed by atoms with Gasteiger partial charge >= 0.3 is 0 Å². The number of hydrogen-bond acceptors (Lipinski definition) is 6. The van der Waals surface area contributed by atoms with E-state index in [1.807, 2.05) is 31.2 Å². The topological polar surface area (TPSA) is 76.6 Å². The molecule has 25 heavy (non-hydrogen) atoms. The molecule has 132 valence electrons. The van der Waals surface area contributed by atoms with Gasteiger partial charge in [-0.15, -0.1) is 0 Å². The number of amides is 1. The van der Waals surface area contributed by atoms with Crippen molar-refractivity contribution < 1.29 is 14.3 Å². The number of hydrogen-bond donors (Lipinski definition) is 1. The van der Waals surface area contributed by atoms with Crippen LogP contribution in [-0.4, -0.2) is 48.8 Å². The van der Waals surface area contributed by atoms with Crippen molar-refractivity contribution in [3.05, 3.63) is 42.2 Å². The summed E-state index contributed by atoms with van der Waals surface area (Å²) in [5.74, 6) is 2.00. The first-order chi connectivity index (χ1) is 12.2. The summed E-state index contributed by atoms with van der Waals surface area (Å²) in [7, 11) is 0. The lowest BCUT2D eigenvalue weighted by molar-refractivity contribution is -0.115. The van der Waals surface area contributed by atoms with Gasteiger partial charge in [0.2, 0.25) is 5.91 Å². The number of morpholine rings is 1. The highest BCUT2D eigenvalue weighted by Gasteiger charge is 2.14. The Morgan fingerprint density at radius 3 is 2.72 bits per heavy atom. The van der Waals surface area contributed by atoms with Crippen molar-refractivity contribution in [1.29, 1.82) is 0 Å². The molecule has 2 aromatic rings. The van der Waals surface area contributed by atoms with Crippen LogP contribution in [0, 0.1) is 0 Å². The smallest absolute Gasteiger partial charge is 0.229 e. The summed E-state index contributed by atoms with van der Waals surface area (Å²) in [5, 5.41) is 2.83. The molecule has 0 atom stereocenters. The SMILES string of the molecule is CCOc1ccc(CC(=O)Nc2cc(N3CCOCC3)ncn2)cc1. The zero-order valence-electron chi connectivity index (χ0n) is 14.3. The van der Waals surface area contributed by atoms with Gasteiger partial charge in [-0.05, 0) is 24.6 Å². The van der Waals surface area contributed by atoms with Crippen LogP contribution in [0.2, 0.25) is 0 Å². The van der Waals surface area contributed by atoms with E-state index in [4.69, 9.17) is 9.47 Å². The van der Waals surface area contributed by atoms with E-state index in [2.05, 4.69) is 20.2 Å². The second-order valence-corrected chi connectivity index (χ2v) is 5.66. The van der Waals surface area contributed by atoms with E-state index < -0.39 is 0 Å². The molecule has 1 aromatic heterocycles. The van der Waals surface area contributed by atoms with Crippen molar-refractivity contribution in [3.63, 3.8) is 0 Å². The van der Waals surface area contributed by atoms with Gasteiger partial charge in [-0.1, -0.05) is 12.1 Å². The van der Waals surface area contributed by atoms with Crippen LogP contribution in [-0.2, 0) is 16.0 Å². The van der Waals surface area contributed by atoms with E-state index in [9.17, 15) is 4.79 Å². The highest BCUT2D eigenvalue weighted by molar-refractivity contribution is 5.91. The highest BCUT2D eigenvalue weighted by Crippen LogP contribution is 2.16. The third-order valence-electron chi connectivity index (χ3n) is 3.85. The number of rotatable bonds is 6.